The number of nitrogens with zero attached hydrogens (tertiary/aromatic N) is 1. The lowest BCUT2D eigenvalue weighted by Crippen LogP contribution is -2.01. The van der Waals surface area contributed by atoms with Crippen molar-refractivity contribution in [2.45, 2.75) is 6.61 Å². The van der Waals surface area contributed by atoms with Crippen LogP contribution in [0.25, 0.3) is 17.2 Å². The fraction of sp³-hybridized carbons (Fsp3) is 0.0455. The van der Waals surface area contributed by atoms with E-state index in [1.165, 1.54) is 18.2 Å². The summed E-state index contributed by atoms with van der Waals surface area (Å²) in [5.74, 6) is -0.555. The van der Waals surface area contributed by atoms with Crippen molar-refractivity contribution < 1.29 is 14.5 Å². The minimum atomic E-state index is -0.555. The van der Waals surface area contributed by atoms with Crippen molar-refractivity contribution in [2.24, 2.45) is 0 Å². The molecule has 3 rings (SSSR count). The predicted octanol–water partition coefficient (Wildman–Crippen LogP) is 5.02. The second-order valence-electron chi connectivity index (χ2n) is 5.82. The number of nitro benzene ring substituents is 1. The Balaban J connectivity index is 1.59. The van der Waals surface area contributed by atoms with E-state index in [1.54, 1.807) is 18.2 Å². The van der Waals surface area contributed by atoms with Crippen LogP contribution in [-0.2, 0) is 16.1 Å². The minimum Gasteiger partial charge on any atom is -0.458 e. The van der Waals surface area contributed by atoms with Gasteiger partial charge in [-0.3, -0.25) is 10.1 Å². The number of nitro groups is 1. The first-order valence-corrected chi connectivity index (χ1v) is 8.36. The van der Waals surface area contributed by atoms with Crippen LogP contribution < -0.4 is 0 Å². The molecule has 5 heteroatoms. The molecule has 0 bridgehead atoms. The Morgan fingerprint density at radius 2 is 1.52 bits per heavy atom. The summed E-state index contributed by atoms with van der Waals surface area (Å²) in [7, 11) is 0. The van der Waals surface area contributed by atoms with Gasteiger partial charge >= 0.3 is 5.97 Å². The summed E-state index contributed by atoms with van der Waals surface area (Å²) < 4.78 is 5.20. The smallest absolute Gasteiger partial charge is 0.331 e. The highest BCUT2D eigenvalue weighted by atomic mass is 16.6. The van der Waals surface area contributed by atoms with Gasteiger partial charge in [-0.15, -0.1) is 0 Å². The van der Waals surface area contributed by atoms with Gasteiger partial charge in [-0.05, 0) is 28.8 Å². The van der Waals surface area contributed by atoms with E-state index in [-0.39, 0.29) is 12.3 Å². The summed E-state index contributed by atoms with van der Waals surface area (Å²) in [6, 6.07) is 24.0. The molecular formula is C22H17NO4. The first-order valence-electron chi connectivity index (χ1n) is 8.36. The van der Waals surface area contributed by atoms with Crippen LogP contribution in [0.4, 0.5) is 5.69 Å². The van der Waals surface area contributed by atoms with Gasteiger partial charge in [0.1, 0.15) is 6.61 Å². The van der Waals surface area contributed by atoms with Crippen LogP contribution in [0.1, 0.15) is 11.1 Å². The molecule has 134 valence electrons. The minimum absolute atomic E-state index is 0.0574. The maximum atomic E-state index is 11.9. The topological polar surface area (TPSA) is 69.4 Å². The summed E-state index contributed by atoms with van der Waals surface area (Å²) in [5.41, 5.74) is 3.36. The number of rotatable bonds is 6. The molecule has 0 aromatic heterocycles. The van der Waals surface area contributed by atoms with Gasteiger partial charge in [0.15, 0.2) is 0 Å². The monoisotopic (exact) mass is 359 g/mol. The summed E-state index contributed by atoms with van der Waals surface area (Å²) in [5, 5.41) is 11.0. The Kier molecular flexibility index (Phi) is 5.74. The van der Waals surface area contributed by atoms with E-state index >= 15 is 0 Å². The fourth-order valence-electron chi connectivity index (χ4n) is 2.58. The summed E-state index contributed by atoms with van der Waals surface area (Å²) in [4.78, 5) is 22.4. The Bertz CT molecular complexity index is 963. The first kappa shape index (κ1) is 18.1. The van der Waals surface area contributed by atoms with Crippen molar-refractivity contribution >= 4 is 17.7 Å². The molecule has 0 aliphatic heterocycles. The maximum absolute atomic E-state index is 11.9. The number of hydrogen-bond acceptors (Lipinski definition) is 4. The molecule has 0 heterocycles. The zero-order chi connectivity index (χ0) is 19.1. The standard InChI is InChI=1S/C22H17NO4/c24-22(15-14-20-8-4-5-9-21(20)23(25)26)27-16-17-10-12-19(13-11-17)18-6-2-1-3-7-18/h1-15H,16H2/b15-14+. The third-order valence-corrected chi connectivity index (χ3v) is 3.97. The van der Waals surface area contributed by atoms with Crippen LogP contribution in [-0.4, -0.2) is 10.9 Å². The third-order valence-electron chi connectivity index (χ3n) is 3.97. The highest BCUT2D eigenvalue weighted by Crippen LogP contribution is 2.20. The Labute approximate surface area is 156 Å². The van der Waals surface area contributed by atoms with Gasteiger partial charge in [0.2, 0.25) is 0 Å². The fourth-order valence-corrected chi connectivity index (χ4v) is 2.58. The summed E-state index contributed by atoms with van der Waals surface area (Å²) >= 11 is 0. The number of carbonyl (C=O) groups excluding carboxylic acids is 1. The SMILES string of the molecule is O=C(/C=C/c1ccccc1[N+](=O)[O-])OCc1ccc(-c2ccccc2)cc1. The molecule has 0 N–H and O–H groups in total. The number of benzene rings is 3. The molecule has 27 heavy (non-hydrogen) atoms. The molecule has 5 nitrogen and oxygen atoms in total. The number of carbonyl (C=O) groups is 1. The second-order valence-corrected chi connectivity index (χ2v) is 5.82. The van der Waals surface area contributed by atoms with E-state index in [9.17, 15) is 14.9 Å². The average Bonchev–Trinajstić information content (AvgIpc) is 2.72. The van der Waals surface area contributed by atoms with Gasteiger partial charge in [0.25, 0.3) is 5.69 Å². The van der Waals surface area contributed by atoms with Crippen LogP contribution in [0.2, 0.25) is 0 Å². The molecule has 0 amide bonds. The second kappa shape index (κ2) is 8.58. The molecule has 0 fully saturated rings. The molecule has 3 aromatic carbocycles. The van der Waals surface area contributed by atoms with E-state index in [4.69, 9.17) is 4.74 Å². The zero-order valence-corrected chi connectivity index (χ0v) is 14.4. The number of ether oxygens (including phenoxy) is 1. The van der Waals surface area contributed by atoms with Crippen LogP contribution in [0, 0.1) is 10.1 Å². The zero-order valence-electron chi connectivity index (χ0n) is 14.4. The van der Waals surface area contributed by atoms with Gasteiger partial charge in [0.05, 0.1) is 10.5 Å². The highest BCUT2D eigenvalue weighted by Gasteiger charge is 2.10. The number of hydrogen-bond donors (Lipinski definition) is 0. The van der Waals surface area contributed by atoms with E-state index < -0.39 is 10.9 Å². The van der Waals surface area contributed by atoms with Crippen LogP contribution >= 0.6 is 0 Å². The van der Waals surface area contributed by atoms with Gasteiger partial charge in [0, 0.05) is 12.1 Å². The normalized spacial score (nSPS) is 10.7. The Morgan fingerprint density at radius 3 is 2.22 bits per heavy atom. The van der Waals surface area contributed by atoms with Crippen LogP contribution in [0.15, 0.2) is 84.9 Å². The highest BCUT2D eigenvalue weighted by molar-refractivity contribution is 5.87. The van der Waals surface area contributed by atoms with Crippen molar-refractivity contribution in [3.8, 4) is 11.1 Å². The van der Waals surface area contributed by atoms with E-state index in [0.29, 0.717) is 5.56 Å². The van der Waals surface area contributed by atoms with E-state index in [0.717, 1.165) is 16.7 Å². The quantitative estimate of drug-likeness (QED) is 0.268. The van der Waals surface area contributed by atoms with Crippen molar-refractivity contribution in [3.05, 3.63) is 106 Å². The molecular weight excluding hydrogens is 342 g/mol. The molecule has 0 saturated carbocycles. The van der Waals surface area contributed by atoms with Gasteiger partial charge in [-0.2, -0.15) is 0 Å². The van der Waals surface area contributed by atoms with Gasteiger partial charge in [-0.25, -0.2) is 4.79 Å². The molecule has 0 aliphatic rings. The maximum Gasteiger partial charge on any atom is 0.331 e. The molecule has 0 unspecified atom stereocenters. The van der Waals surface area contributed by atoms with Crippen molar-refractivity contribution in [3.63, 3.8) is 0 Å². The molecule has 0 saturated heterocycles. The van der Waals surface area contributed by atoms with Gasteiger partial charge in [-0.1, -0.05) is 66.7 Å². The lowest BCUT2D eigenvalue weighted by molar-refractivity contribution is -0.385. The Hall–Kier alpha value is -3.73. The largest absolute Gasteiger partial charge is 0.458 e. The van der Waals surface area contributed by atoms with Gasteiger partial charge < -0.3 is 4.74 Å². The van der Waals surface area contributed by atoms with Crippen molar-refractivity contribution in [2.75, 3.05) is 0 Å². The van der Waals surface area contributed by atoms with Crippen molar-refractivity contribution in [1.29, 1.82) is 0 Å². The predicted molar refractivity (Wildman–Crippen MR) is 104 cm³/mol. The Morgan fingerprint density at radius 1 is 0.889 bits per heavy atom. The average molecular weight is 359 g/mol. The third kappa shape index (κ3) is 4.89. The molecule has 0 radical (unpaired) electrons. The van der Waals surface area contributed by atoms with Crippen molar-refractivity contribution in [1.82, 2.24) is 0 Å². The van der Waals surface area contributed by atoms with E-state index in [1.807, 2.05) is 54.6 Å². The molecule has 0 aliphatic carbocycles. The van der Waals surface area contributed by atoms with E-state index in [2.05, 4.69) is 0 Å². The summed E-state index contributed by atoms with van der Waals surface area (Å²) in [6.45, 7) is 0.134. The molecule has 0 atom stereocenters. The number of para-hydroxylation sites is 1. The van der Waals surface area contributed by atoms with Crippen LogP contribution in [0.5, 0.6) is 0 Å². The lowest BCUT2D eigenvalue weighted by atomic mass is 10.0. The van der Waals surface area contributed by atoms with Crippen LogP contribution in [0.3, 0.4) is 0 Å². The molecule has 3 aromatic rings. The summed E-state index contributed by atoms with van der Waals surface area (Å²) in [6.07, 6.45) is 2.58. The molecule has 0 spiro atoms. The lowest BCUT2D eigenvalue weighted by Gasteiger charge is -2.05. The number of esters is 1. The first-order chi connectivity index (χ1) is 13.1.